The number of aromatic nitrogens is 5. The maximum absolute atomic E-state index is 13.6. The number of rotatable bonds is 9. The second-order valence-corrected chi connectivity index (χ2v) is 8.53. The van der Waals surface area contributed by atoms with E-state index in [4.69, 9.17) is 19.4 Å². The van der Waals surface area contributed by atoms with Crippen LogP contribution >= 0.6 is 0 Å². The van der Waals surface area contributed by atoms with E-state index in [0.29, 0.717) is 56.8 Å². The standard InChI is InChI=1S/C27H28N6O3/c1-4-5-6-9-15-32-17-28-25-22(27(32)34)23-26(31-20-13-8-7-12-19(20)30-23)33(25)29-16-18-11-10-14-21(35-2)24(18)36-3/h7-8,10-14,16-17H,4-6,9,15H2,1-3H3. The second-order valence-electron chi connectivity index (χ2n) is 8.53. The summed E-state index contributed by atoms with van der Waals surface area (Å²) in [7, 11) is 3.17. The second kappa shape index (κ2) is 10.2. The van der Waals surface area contributed by atoms with Crippen molar-refractivity contribution < 1.29 is 9.47 Å². The van der Waals surface area contributed by atoms with Crippen LogP contribution in [0, 0.1) is 0 Å². The Morgan fingerprint density at radius 1 is 0.944 bits per heavy atom. The molecule has 3 aromatic heterocycles. The highest BCUT2D eigenvalue weighted by atomic mass is 16.5. The number of nitrogens with zero attached hydrogens (tertiary/aromatic N) is 6. The molecule has 0 radical (unpaired) electrons. The summed E-state index contributed by atoms with van der Waals surface area (Å²) in [6.45, 7) is 2.78. The van der Waals surface area contributed by atoms with Gasteiger partial charge in [-0.3, -0.25) is 9.36 Å². The van der Waals surface area contributed by atoms with E-state index in [0.717, 1.165) is 25.7 Å². The summed E-state index contributed by atoms with van der Waals surface area (Å²) in [5.41, 5.74) is 3.36. The number of methoxy groups -OCH3 is 2. The predicted octanol–water partition coefficient (Wildman–Crippen LogP) is 4.77. The lowest BCUT2D eigenvalue weighted by Gasteiger charge is -2.09. The summed E-state index contributed by atoms with van der Waals surface area (Å²) >= 11 is 0. The lowest BCUT2D eigenvalue weighted by atomic mass is 10.2. The molecule has 9 heteroatoms. The summed E-state index contributed by atoms with van der Waals surface area (Å²) in [5.74, 6) is 1.15. The van der Waals surface area contributed by atoms with Gasteiger partial charge >= 0.3 is 0 Å². The van der Waals surface area contributed by atoms with Gasteiger partial charge in [-0.1, -0.05) is 44.4 Å². The molecule has 36 heavy (non-hydrogen) atoms. The first kappa shape index (κ1) is 23.5. The number of benzene rings is 2. The van der Waals surface area contributed by atoms with Crippen LogP contribution in [0.1, 0.15) is 38.2 Å². The minimum absolute atomic E-state index is 0.140. The summed E-state index contributed by atoms with van der Waals surface area (Å²) < 4.78 is 14.2. The molecule has 0 atom stereocenters. The van der Waals surface area contributed by atoms with Crippen LogP contribution in [0.15, 0.2) is 58.7 Å². The first-order valence-electron chi connectivity index (χ1n) is 12.1. The number of hydrogen-bond donors (Lipinski definition) is 0. The molecule has 5 aromatic rings. The molecule has 0 spiro atoms. The molecule has 0 N–H and O–H groups in total. The van der Waals surface area contributed by atoms with Crippen LogP contribution in [-0.4, -0.2) is 44.6 Å². The monoisotopic (exact) mass is 484 g/mol. The van der Waals surface area contributed by atoms with Gasteiger partial charge < -0.3 is 9.47 Å². The molecule has 0 aliphatic heterocycles. The number of unbranched alkanes of at least 4 members (excludes halogenated alkanes) is 3. The Hall–Kier alpha value is -4.27. The summed E-state index contributed by atoms with van der Waals surface area (Å²) in [6.07, 6.45) is 7.51. The smallest absolute Gasteiger partial charge is 0.265 e. The minimum Gasteiger partial charge on any atom is -0.493 e. The molecule has 184 valence electrons. The van der Waals surface area contributed by atoms with Crippen LogP contribution in [0.3, 0.4) is 0 Å². The van der Waals surface area contributed by atoms with Crippen LogP contribution in [0.4, 0.5) is 0 Å². The fourth-order valence-corrected chi connectivity index (χ4v) is 4.37. The normalized spacial score (nSPS) is 11.8. The predicted molar refractivity (Wildman–Crippen MR) is 141 cm³/mol. The van der Waals surface area contributed by atoms with Gasteiger partial charge in [0.05, 0.1) is 37.8 Å². The number of hydrogen-bond acceptors (Lipinski definition) is 7. The Balaban J connectivity index is 1.71. The highest BCUT2D eigenvalue weighted by Gasteiger charge is 2.20. The average molecular weight is 485 g/mol. The largest absolute Gasteiger partial charge is 0.493 e. The van der Waals surface area contributed by atoms with Gasteiger partial charge in [-0.2, -0.15) is 9.78 Å². The Bertz CT molecular complexity index is 1640. The maximum Gasteiger partial charge on any atom is 0.265 e. The van der Waals surface area contributed by atoms with E-state index in [1.54, 1.807) is 36.0 Å². The van der Waals surface area contributed by atoms with Crippen molar-refractivity contribution in [2.45, 2.75) is 39.2 Å². The molecule has 0 unspecified atom stereocenters. The molecule has 0 saturated carbocycles. The van der Waals surface area contributed by atoms with E-state index in [1.165, 1.54) is 0 Å². The topological polar surface area (TPSA) is 96.4 Å². The Morgan fingerprint density at radius 2 is 1.75 bits per heavy atom. The van der Waals surface area contributed by atoms with Gasteiger partial charge in [0.25, 0.3) is 5.56 Å². The molecular weight excluding hydrogens is 456 g/mol. The summed E-state index contributed by atoms with van der Waals surface area (Å²) in [6, 6.07) is 13.1. The van der Waals surface area contributed by atoms with Crippen LogP contribution in [0.2, 0.25) is 0 Å². The fraction of sp³-hybridized carbons (Fsp3) is 0.296. The van der Waals surface area contributed by atoms with Gasteiger partial charge in [0.15, 0.2) is 22.8 Å². The number of ether oxygens (including phenoxy) is 2. The van der Waals surface area contributed by atoms with E-state index in [2.05, 4.69) is 17.0 Å². The van der Waals surface area contributed by atoms with Crippen LogP contribution in [0.5, 0.6) is 11.5 Å². The molecule has 0 aliphatic carbocycles. The van der Waals surface area contributed by atoms with Gasteiger partial charge in [0, 0.05) is 12.1 Å². The average Bonchev–Trinajstić information content (AvgIpc) is 3.22. The maximum atomic E-state index is 13.6. The van der Waals surface area contributed by atoms with Gasteiger partial charge in [-0.25, -0.2) is 15.0 Å². The SMILES string of the molecule is CCCCCCn1cnc2c(c1=O)c1nc3ccccc3nc1n2N=Cc1cccc(OC)c1OC. The van der Waals surface area contributed by atoms with Gasteiger partial charge in [-0.15, -0.1) is 0 Å². The summed E-state index contributed by atoms with van der Waals surface area (Å²) in [5, 5.41) is 5.10. The number of aryl methyl sites for hydroxylation is 1. The first-order valence-corrected chi connectivity index (χ1v) is 12.1. The van der Waals surface area contributed by atoms with E-state index in [-0.39, 0.29) is 5.56 Å². The van der Waals surface area contributed by atoms with Gasteiger partial charge in [-0.05, 0) is 30.7 Å². The third-order valence-electron chi connectivity index (χ3n) is 6.21. The van der Waals surface area contributed by atoms with Gasteiger partial charge in [0.2, 0.25) is 0 Å². The van der Waals surface area contributed by atoms with Crippen molar-refractivity contribution in [1.29, 1.82) is 0 Å². The minimum atomic E-state index is -0.140. The van der Waals surface area contributed by atoms with E-state index in [9.17, 15) is 4.79 Å². The molecular formula is C27H28N6O3. The first-order chi connectivity index (χ1) is 17.7. The Labute approximate surface area is 208 Å². The fourth-order valence-electron chi connectivity index (χ4n) is 4.37. The van der Waals surface area contributed by atoms with Gasteiger partial charge in [0.1, 0.15) is 10.9 Å². The number of fused-ring (bicyclic) bond motifs is 4. The van der Waals surface area contributed by atoms with Crippen molar-refractivity contribution in [3.63, 3.8) is 0 Å². The lowest BCUT2D eigenvalue weighted by molar-refractivity contribution is 0.354. The summed E-state index contributed by atoms with van der Waals surface area (Å²) in [4.78, 5) is 27.8. The Kier molecular flexibility index (Phi) is 6.62. The third-order valence-corrected chi connectivity index (χ3v) is 6.21. The van der Waals surface area contributed by atoms with E-state index < -0.39 is 0 Å². The zero-order valence-corrected chi connectivity index (χ0v) is 20.6. The molecule has 5 rings (SSSR count). The molecule has 9 nitrogen and oxygen atoms in total. The zero-order chi connectivity index (χ0) is 25.1. The zero-order valence-electron chi connectivity index (χ0n) is 20.6. The van der Waals surface area contributed by atoms with Crippen molar-refractivity contribution >= 4 is 39.4 Å². The van der Waals surface area contributed by atoms with E-state index >= 15 is 0 Å². The lowest BCUT2D eigenvalue weighted by Crippen LogP contribution is -2.20. The van der Waals surface area contributed by atoms with Crippen LogP contribution < -0.4 is 15.0 Å². The van der Waals surface area contributed by atoms with Crippen molar-refractivity contribution in [2.24, 2.45) is 5.10 Å². The molecule has 0 fully saturated rings. The van der Waals surface area contributed by atoms with Crippen molar-refractivity contribution in [1.82, 2.24) is 24.2 Å². The molecule has 3 heterocycles. The van der Waals surface area contributed by atoms with Crippen molar-refractivity contribution in [3.8, 4) is 11.5 Å². The quantitative estimate of drug-likeness (QED) is 0.221. The van der Waals surface area contributed by atoms with Crippen LogP contribution in [-0.2, 0) is 6.54 Å². The molecule has 2 aromatic carbocycles. The third kappa shape index (κ3) is 4.17. The molecule has 0 saturated heterocycles. The van der Waals surface area contributed by atoms with Crippen molar-refractivity contribution in [2.75, 3.05) is 14.2 Å². The molecule has 0 amide bonds. The molecule has 0 aliphatic rings. The Morgan fingerprint density at radius 3 is 2.50 bits per heavy atom. The van der Waals surface area contributed by atoms with Crippen LogP contribution in [0.25, 0.3) is 33.2 Å². The molecule has 0 bridgehead atoms. The van der Waals surface area contributed by atoms with Crippen molar-refractivity contribution in [3.05, 3.63) is 64.7 Å². The highest BCUT2D eigenvalue weighted by Crippen LogP contribution is 2.30. The number of para-hydroxylation sites is 3. The highest BCUT2D eigenvalue weighted by molar-refractivity contribution is 6.04. The van der Waals surface area contributed by atoms with E-state index in [1.807, 2.05) is 42.5 Å².